The molecule has 0 aromatic heterocycles. The molecule has 0 aliphatic carbocycles. The van der Waals surface area contributed by atoms with Gasteiger partial charge in [-0.15, -0.1) is 0 Å². The lowest BCUT2D eigenvalue weighted by Gasteiger charge is -2.12. The minimum Gasteiger partial charge on any atom is -0.357 e. The highest BCUT2D eigenvalue weighted by Gasteiger charge is 2.27. The second-order valence-corrected chi connectivity index (χ2v) is 7.33. The molecule has 1 fully saturated rings. The normalized spacial score (nSPS) is 18.7. The molecule has 0 radical (unpaired) electrons. The van der Waals surface area contributed by atoms with Gasteiger partial charge in [0.15, 0.2) is 5.50 Å². The van der Waals surface area contributed by atoms with Gasteiger partial charge in [-0.2, -0.15) is 0 Å². The number of halogens is 2. The number of hydrogen-bond donors (Lipinski definition) is 2. The first-order chi connectivity index (χ1) is 11.5. The zero-order chi connectivity index (χ0) is 17.1. The topological polar surface area (TPSA) is 41.1 Å². The summed E-state index contributed by atoms with van der Waals surface area (Å²) in [7, 11) is 0. The SMILES string of the molecule is CCc1ccc(N[C@H]2NC(=O)/C(=C/c3ccc(Cl)cc3Cl)S2)cc1. The van der Waals surface area contributed by atoms with Crippen molar-refractivity contribution in [3.05, 3.63) is 68.5 Å². The number of aryl methyl sites for hydroxylation is 1. The van der Waals surface area contributed by atoms with Gasteiger partial charge >= 0.3 is 0 Å². The summed E-state index contributed by atoms with van der Waals surface area (Å²) in [5.41, 5.74) is 2.81. The Morgan fingerprint density at radius 1 is 1.21 bits per heavy atom. The number of rotatable bonds is 4. The molecule has 1 aliphatic heterocycles. The van der Waals surface area contributed by atoms with Gasteiger partial charge in [0.1, 0.15) is 0 Å². The predicted octanol–water partition coefficient (Wildman–Crippen LogP) is 5.16. The number of carbonyl (C=O) groups is 1. The van der Waals surface area contributed by atoms with Crippen molar-refractivity contribution in [2.75, 3.05) is 5.32 Å². The molecule has 1 heterocycles. The lowest BCUT2D eigenvalue weighted by atomic mass is 10.1. The Balaban J connectivity index is 1.71. The van der Waals surface area contributed by atoms with Crippen LogP contribution in [0.15, 0.2) is 47.4 Å². The van der Waals surface area contributed by atoms with E-state index in [9.17, 15) is 4.79 Å². The van der Waals surface area contributed by atoms with Crippen LogP contribution in [0.2, 0.25) is 10.0 Å². The molecule has 0 saturated carbocycles. The Hall–Kier alpha value is -1.62. The van der Waals surface area contributed by atoms with Crippen molar-refractivity contribution < 1.29 is 4.79 Å². The van der Waals surface area contributed by atoms with E-state index in [4.69, 9.17) is 23.2 Å². The van der Waals surface area contributed by atoms with E-state index in [1.807, 2.05) is 12.1 Å². The quantitative estimate of drug-likeness (QED) is 0.722. The lowest BCUT2D eigenvalue weighted by molar-refractivity contribution is -0.116. The highest BCUT2D eigenvalue weighted by atomic mass is 35.5. The van der Waals surface area contributed by atoms with Crippen molar-refractivity contribution in [2.24, 2.45) is 0 Å². The predicted molar refractivity (Wildman–Crippen MR) is 103 cm³/mol. The average Bonchev–Trinajstić information content (AvgIpc) is 2.90. The van der Waals surface area contributed by atoms with E-state index >= 15 is 0 Å². The van der Waals surface area contributed by atoms with Crippen molar-refractivity contribution in [3.8, 4) is 0 Å². The van der Waals surface area contributed by atoms with Crippen LogP contribution in [-0.4, -0.2) is 11.4 Å². The minimum absolute atomic E-state index is 0.117. The molecule has 6 heteroatoms. The summed E-state index contributed by atoms with van der Waals surface area (Å²) in [5, 5.41) is 7.30. The summed E-state index contributed by atoms with van der Waals surface area (Å²) < 4.78 is 0. The third-order valence-electron chi connectivity index (χ3n) is 3.64. The Kier molecular flexibility index (Phi) is 5.39. The Morgan fingerprint density at radius 3 is 2.62 bits per heavy atom. The first-order valence-corrected chi connectivity index (χ1v) is 9.18. The molecule has 1 aliphatic rings. The van der Waals surface area contributed by atoms with Crippen LogP contribution in [0.1, 0.15) is 18.1 Å². The van der Waals surface area contributed by atoms with E-state index in [-0.39, 0.29) is 11.4 Å². The lowest BCUT2D eigenvalue weighted by Crippen LogP contribution is -2.30. The van der Waals surface area contributed by atoms with Crippen LogP contribution in [0.25, 0.3) is 6.08 Å². The largest absolute Gasteiger partial charge is 0.357 e. The van der Waals surface area contributed by atoms with Gasteiger partial charge in [0.2, 0.25) is 0 Å². The number of nitrogens with one attached hydrogen (secondary N) is 2. The highest BCUT2D eigenvalue weighted by Crippen LogP contribution is 2.32. The number of benzene rings is 2. The number of anilines is 1. The molecule has 24 heavy (non-hydrogen) atoms. The first kappa shape index (κ1) is 17.2. The summed E-state index contributed by atoms with van der Waals surface area (Å²) in [4.78, 5) is 12.8. The molecule has 3 rings (SSSR count). The van der Waals surface area contributed by atoms with E-state index in [1.165, 1.54) is 17.3 Å². The van der Waals surface area contributed by atoms with Crippen molar-refractivity contribution in [1.29, 1.82) is 0 Å². The minimum atomic E-state index is -0.206. The van der Waals surface area contributed by atoms with Gasteiger partial charge in [0.25, 0.3) is 5.91 Å². The van der Waals surface area contributed by atoms with Gasteiger partial charge in [-0.3, -0.25) is 4.79 Å². The average molecular weight is 379 g/mol. The van der Waals surface area contributed by atoms with Gasteiger partial charge in [0, 0.05) is 15.7 Å². The van der Waals surface area contributed by atoms with Crippen molar-refractivity contribution in [3.63, 3.8) is 0 Å². The van der Waals surface area contributed by atoms with E-state index in [1.54, 1.807) is 24.3 Å². The van der Waals surface area contributed by atoms with Crippen LogP contribution in [0.5, 0.6) is 0 Å². The van der Waals surface area contributed by atoms with Gasteiger partial charge in [-0.25, -0.2) is 0 Å². The molecule has 2 N–H and O–H groups in total. The van der Waals surface area contributed by atoms with Gasteiger partial charge in [-0.1, -0.05) is 60.1 Å². The summed E-state index contributed by atoms with van der Waals surface area (Å²) in [5.74, 6) is -0.117. The molecule has 1 atom stereocenters. The number of hydrogen-bond acceptors (Lipinski definition) is 3. The van der Waals surface area contributed by atoms with Crippen LogP contribution >= 0.6 is 35.0 Å². The van der Waals surface area contributed by atoms with Crippen molar-refractivity contribution in [1.82, 2.24) is 5.32 Å². The first-order valence-electron chi connectivity index (χ1n) is 7.55. The molecule has 0 unspecified atom stereocenters. The summed E-state index contributed by atoms with van der Waals surface area (Å²) in [6.45, 7) is 2.12. The van der Waals surface area contributed by atoms with Crippen LogP contribution in [0, 0.1) is 0 Å². The molecule has 1 saturated heterocycles. The van der Waals surface area contributed by atoms with Crippen LogP contribution in [-0.2, 0) is 11.2 Å². The Labute approximate surface area is 155 Å². The van der Waals surface area contributed by atoms with Crippen LogP contribution in [0.4, 0.5) is 5.69 Å². The summed E-state index contributed by atoms with van der Waals surface area (Å²) in [6.07, 6.45) is 2.78. The molecule has 0 bridgehead atoms. The molecule has 3 nitrogen and oxygen atoms in total. The monoisotopic (exact) mass is 378 g/mol. The second-order valence-electron chi connectivity index (χ2n) is 5.34. The summed E-state index contributed by atoms with van der Waals surface area (Å²) >= 11 is 13.5. The molecule has 2 aromatic rings. The van der Waals surface area contributed by atoms with E-state index in [0.717, 1.165) is 17.7 Å². The fourth-order valence-corrected chi connectivity index (χ4v) is 3.75. The zero-order valence-electron chi connectivity index (χ0n) is 13.0. The maximum Gasteiger partial charge on any atom is 0.260 e. The number of amides is 1. The molecule has 1 amide bonds. The third-order valence-corrected chi connectivity index (χ3v) is 5.23. The van der Waals surface area contributed by atoms with Gasteiger partial charge < -0.3 is 10.6 Å². The van der Waals surface area contributed by atoms with Crippen LogP contribution < -0.4 is 10.6 Å². The fourth-order valence-electron chi connectivity index (χ4n) is 2.31. The van der Waals surface area contributed by atoms with Crippen molar-refractivity contribution >= 4 is 52.6 Å². The maximum absolute atomic E-state index is 12.1. The molecule has 0 spiro atoms. The zero-order valence-corrected chi connectivity index (χ0v) is 15.3. The highest BCUT2D eigenvalue weighted by molar-refractivity contribution is 8.05. The Bertz CT molecular complexity index is 790. The van der Waals surface area contributed by atoms with Gasteiger partial charge in [0.05, 0.1) is 4.91 Å². The van der Waals surface area contributed by atoms with E-state index in [2.05, 4.69) is 29.7 Å². The van der Waals surface area contributed by atoms with Gasteiger partial charge in [-0.05, 0) is 47.9 Å². The smallest absolute Gasteiger partial charge is 0.260 e. The number of carbonyl (C=O) groups excluding carboxylic acids is 1. The fraction of sp³-hybridized carbons (Fsp3) is 0.167. The summed E-state index contributed by atoms with van der Waals surface area (Å²) in [6, 6.07) is 13.4. The number of thioether (sulfide) groups is 1. The maximum atomic E-state index is 12.1. The standard InChI is InChI=1S/C18H16Cl2N2OS/c1-2-11-3-7-14(8-4-11)21-18-22-17(23)16(24-18)9-12-5-6-13(19)10-15(12)20/h3-10,18,21H,2H2,1H3,(H,22,23)/b16-9-/t18-/m0/s1. The molecule has 124 valence electrons. The molecular formula is C18H16Cl2N2OS. The third kappa shape index (κ3) is 4.07. The second kappa shape index (κ2) is 7.51. The van der Waals surface area contributed by atoms with E-state index in [0.29, 0.717) is 15.0 Å². The van der Waals surface area contributed by atoms with E-state index < -0.39 is 0 Å². The van der Waals surface area contributed by atoms with Crippen molar-refractivity contribution in [2.45, 2.75) is 18.8 Å². The molecule has 2 aromatic carbocycles. The van der Waals surface area contributed by atoms with Crippen LogP contribution in [0.3, 0.4) is 0 Å². The Morgan fingerprint density at radius 2 is 1.96 bits per heavy atom. The molecular weight excluding hydrogens is 363 g/mol.